The van der Waals surface area contributed by atoms with Crippen LogP contribution >= 0.6 is 0 Å². The van der Waals surface area contributed by atoms with Gasteiger partial charge < -0.3 is 14.0 Å². The zero-order chi connectivity index (χ0) is 19.7. The van der Waals surface area contributed by atoms with Crippen LogP contribution in [-0.2, 0) is 22.6 Å². The fourth-order valence-corrected chi connectivity index (χ4v) is 3.14. The molecule has 0 atom stereocenters. The van der Waals surface area contributed by atoms with E-state index >= 15 is 0 Å². The molecule has 0 amide bonds. The van der Waals surface area contributed by atoms with Gasteiger partial charge in [-0.3, -0.25) is 4.79 Å². The quantitative estimate of drug-likeness (QED) is 0.507. The lowest BCUT2D eigenvalue weighted by Gasteiger charge is -2.06. The predicted molar refractivity (Wildman–Crippen MR) is 101 cm³/mol. The number of methoxy groups -OCH3 is 2. The van der Waals surface area contributed by atoms with Crippen LogP contribution in [0.15, 0.2) is 41.3 Å². The molecule has 0 aliphatic heterocycles. The van der Waals surface area contributed by atoms with Gasteiger partial charge in [-0.1, -0.05) is 12.1 Å². The first-order valence-corrected chi connectivity index (χ1v) is 8.65. The molecule has 8 nitrogen and oxygen atoms in total. The van der Waals surface area contributed by atoms with E-state index in [0.29, 0.717) is 35.6 Å². The van der Waals surface area contributed by atoms with E-state index in [4.69, 9.17) is 9.47 Å². The molecule has 4 aromatic rings. The van der Waals surface area contributed by atoms with Crippen molar-refractivity contribution in [3.05, 3.63) is 58.4 Å². The average Bonchev–Trinajstić information content (AvgIpc) is 3.07. The number of nitrogens with zero attached hydrogens (tertiary/aromatic N) is 5. The van der Waals surface area contributed by atoms with E-state index in [9.17, 15) is 9.18 Å². The third-order valence-corrected chi connectivity index (χ3v) is 4.48. The lowest BCUT2D eigenvalue weighted by molar-refractivity contribution is 0.181. The van der Waals surface area contributed by atoms with Gasteiger partial charge in [0.25, 0.3) is 5.56 Å². The summed E-state index contributed by atoms with van der Waals surface area (Å²) in [5, 5.41) is 13.0. The van der Waals surface area contributed by atoms with Gasteiger partial charge in [0.15, 0.2) is 11.2 Å². The van der Waals surface area contributed by atoms with E-state index in [0.717, 1.165) is 5.56 Å². The Hall–Kier alpha value is -3.17. The maximum atomic E-state index is 13.4. The van der Waals surface area contributed by atoms with Crippen LogP contribution in [0.25, 0.3) is 27.8 Å². The zero-order valence-corrected chi connectivity index (χ0v) is 15.4. The maximum absolute atomic E-state index is 13.4. The van der Waals surface area contributed by atoms with Crippen LogP contribution < -0.4 is 5.56 Å². The molecule has 9 heteroatoms. The summed E-state index contributed by atoms with van der Waals surface area (Å²) >= 11 is 0. The summed E-state index contributed by atoms with van der Waals surface area (Å²) in [6, 6.07) is 7.82. The molecule has 3 heterocycles. The molecule has 0 spiro atoms. The number of halogens is 1. The highest BCUT2D eigenvalue weighted by Crippen LogP contribution is 2.29. The van der Waals surface area contributed by atoms with Crippen LogP contribution in [0, 0.1) is 5.82 Å². The molecule has 0 aliphatic carbocycles. The first-order chi connectivity index (χ1) is 13.6. The van der Waals surface area contributed by atoms with E-state index in [1.807, 2.05) is 0 Å². The second-order valence-electron chi connectivity index (χ2n) is 6.24. The highest BCUT2D eigenvalue weighted by Gasteiger charge is 2.19. The Morgan fingerprint density at radius 3 is 2.57 bits per heavy atom. The minimum atomic E-state index is -0.332. The summed E-state index contributed by atoms with van der Waals surface area (Å²) in [6.07, 6.45) is 1.68. The van der Waals surface area contributed by atoms with Gasteiger partial charge in [0.05, 0.1) is 24.5 Å². The molecule has 0 N–H and O–H groups in total. The minimum Gasteiger partial charge on any atom is -0.383 e. The van der Waals surface area contributed by atoms with Gasteiger partial charge in [0.2, 0.25) is 0 Å². The summed E-state index contributed by atoms with van der Waals surface area (Å²) in [5.74, 6) is -0.332. The fraction of sp³-hybridized carbons (Fsp3) is 0.263. The smallest absolute Gasteiger partial charge is 0.280 e. The van der Waals surface area contributed by atoms with Crippen molar-refractivity contribution in [2.24, 2.45) is 0 Å². The molecule has 0 fully saturated rings. The molecule has 3 aromatic heterocycles. The van der Waals surface area contributed by atoms with E-state index in [1.165, 1.54) is 16.7 Å². The van der Waals surface area contributed by atoms with Crippen molar-refractivity contribution in [2.75, 3.05) is 20.8 Å². The molecular weight excluding hydrogens is 365 g/mol. The normalized spacial score (nSPS) is 11.5. The lowest BCUT2D eigenvalue weighted by Crippen LogP contribution is -2.23. The Morgan fingerprint density at radius 1 is 1.07 bits per heavy atom. The molecule has 4 rings (SSSR count). The third-order valence-electron chi connectivity index (χ3n) is 4.48. The molecule has 1 aromatic carbocycles. The standard InChI is InChI=1S/C19H18FN5O3/c1-27-10-9-24-8-7-15-17(19(24)26)21-22-18-16(12-3-5-13(20)6-4-12)14(11-28-2)23-25(15)18/h3-8H,9-11H2,1-2H3. The first kappa shape index (κ1) is 18.2. The number of aromatic nitrogens is 5. The van der Waals surface area contributed by atoms with Gasteiger partial charge in [-0.2, -0.15) is 5.10 Å². The van der Waals surface area contributed by atoms with Gasteiger partial charge in [-0.25, -0.2) is 8.91 Å². The fourth-order valence-electron chi connectivity index (χ4n) is 3.14. The van der Waals surface area contributed by atoms with Crippen LogP contribution in [0.4, 0.5) is 4.39 Å². The van der Waals surface area contributed by atoms with E-state index in [-0.39, 0.29) is 23.5 Å². The summed E-state index contributed by atoms with van der Waals surface area (Å²) in [4.78, 5) is 12.7. The zero-order valence-electron chi connectivity index (χ0n) is 15.4. The number of ether oxygens (including phenoxy) is 2. The largest absolute Gasteiger partial charge is 0.383 e. The number of pyridine rings is 1. The molecule has 0 aliphatic rings. The number of benzene rings is 1. The van der Waals surface area contributed by atoms with Gasteiger partial charge in [-0.05, 0) is 23.8 Å². The summed E-state index contributed by atoms with van der Waals surface area (Å²) < 4.78 is 26.7. The summed E-state index contributed by atoms with van der Waals surface area (Å²) in [7, 11) is 3.14. The van der Waals surface area contributed by atoms with Crippen LogP contribution in [0.3, 0.4) is 0 Å². The van der Waals surface area contributed by atoms with Crippen molar-refractivity contribution in [2.45, 2.75) is 13.2 Å². The summed E-state index contributed by atoms with van der Waals surface area (Å²) in [6.45, 7) is 1.07. The third kappa shape index (κ3) is 3.04. The van der Waals surface area contributed by atoms with Gasteiger partial charge in [0.1, 0.15) is 11.3 Å². The van der Waals surface area contributed by atoms with Gasteiger partial charge in [0, 0.05) is 27.0 Å². The van der Waals surface area contributed by atoms with Crippen molar-refractivity contribution in [3.8, 4) is 11.1 Å². The van der Waals surface area contributed by atoms with Crippen molar-refractivity contribution in [3.63, 3.8) is 0 Å². The maximum Gasteiger partial charge on any atom is 0.280 e. The van der Waals surface area contributed by atoms with Crippen LogP contribution in [0.5, 0.6) is 0 Å². The number of hydrogen-bond donors (Lipinski definition) is 0. The topological polar surface area (TPSA) is 83.5 Å². The molecule has 144 valence electrons. The second-order valence-corrected chi connectivity index (χ2v) is 6.24. The summed E-state index contributed by atoms with van der Waals surface area (Å²) in [5.41, 5.74) is 3.01. The highest BCUT2D eigenvalue weighted by molar-refractivity contribution is 5.84. The predicted octanol–water partition coefficient (Wildman–Crippen LogP) is 2.04. The number of rotatable bonds is 6. The lowest BCUT2D eigenvalue weighted by atomic mass is 10.1. The molecule has 0 saturated heterocycles. The highest BCUT2D eigenvalue weighted by atomic mass is 19.1. The Morgan fingerprint density at radius 2 is 1.86 bits per heavy atom. The monoisotopic (exact) mass is 383 g/mol. The Kier molecular flexibility index (Phi) is 4.84. The van der Waals surface area contributed by atoms with E-state index < -0.39 is 0 Å². The Bertz CT molecular complexity index is 1200. The molecule has 0 radical (unpaired) electrons. The van der Waals surface area contributed by atoms with E-state index in [2.05, 4.69) is 15.3 Å². The second kappa shape index (κ2) is 7.45. The number of hydrogen-bond acceptors (Lipinski definition) is 6. The van der Waals surface area contributed by atoms with Crippen molar-refractivity contribution < 1.29 is 13.9 Å². The van der Waals surface area contributed by atoms with Gasteiger partial charge in [-0.15, -0.1) is 10.2 Å². The van der Waals surface area contributed by atoms with Crippen LogP contribution in [0.2, 0.25) is 0 Å². The Balaban J connectivity index is 1.96. The van der Waals surface area contributed by atoms with Gasteiger partial charge >= 0.3 is 0 Å². The number of fused-ring (bicyclic) bond motifs is 3. The van der Waals surface area contributed by atoms with Crippen LogP contribution in [0.1, 0.15) is 5.69 Å². The van der Waals surface area contributed by atoms with Crippen LogP contribution in [-0.4, -0.2) is 45.2 Å². The van der Waals surface area contributed by atoms with Crippen molar-refractivity contribution in [1.82, 2.24) is 24.4 Å². The average molecular weight is 383 g/mol. The van der Waals surface area contributed by atoms with Crippen molar-refractivity contribution >= 4 is 16.7 Å². The molecule has 0 saturated carbocycles. The minimum absolute atomic E-state index is 0.211. The molecular formula is C19H18FN5O3. The Labute approximate surface area is 159 Å². The van der Waals surface area contributed by atoms with Crippen molar-refractivity contribution in [1.29, 1.82) is 0 Å². The SMILES string of the molecule is COCCn1ccc2c(nnc3c(-c4ccc(F)cc4)c(COC)nn32)c1=O. The first-order valence-electron chi connectivity index (χ1n) is 8.65. The molecule has 0 unspecified atom stereocenters. The molecule has 28 heavy (non-hydrogen) atoms. The van der Waals surface area contributed by atoms with E-state index in [1.54, 1.807) is 43.1 Å². The molecule has 0 bridgehead atoms.